The number of amides is 1. The molecule has 0 aliphatic rings. The maximum absolute atomic E-state index is 11.7. The number of hydrogen-bond acceptors (Lipinski definition) is 7. The molecule has 0 fully saturated rings. The highest BCUT2D eigenvalue weighted by molar-refractivity contribution is 5.89. The van der Waals surface area contributed by atoms with E-state index in [2.05, 4.69) is 9.97 Å². The van der Waals surface area contributed by atoms with Crippen LogP contribution in [0.3, 0.4) is 0 Å². The van der Waals surface area contributed by atoms with Gasteiger partial charge < -0.3 is 19.3 Å². The maximum atomic E-state index is 11.7. The molecule has 0 unspecified atom stereocenters. The van der Waals surface area contributed by atoms with Gasteiger partial charge in [0.1, 0.15) is 5.75 Å². The summed E-state index contributed by atoms with van der Waals surface area (Å²) in [5, 5.41) is 0. The standard InChI is InChI=1S/C19H24N4O4/c1-5-26-19(25)15-6-8-16(9-7-15)27-18-13-20-12-17(21-18)23(4)11-10-22(3)14(2)24/h6-9,12-13H,5,10-11H2,1-4H3. The van der Waals surface area contributed by atoms with E-state index in [0.29, 0.717) is 42.7 Å². The fourth-order valence-electron chi connectivity index (χ4n) is 2.14. The number of esters is 1. The highest BCUT2D eigenvalue weighted by Gasteiger charge is 2.10. The van der Waals surface area contributed by atoms with E-state index in [9.17, 15) is 9.59 Å². The van der Waals surface area contributed by atoms with Crippen LogP contribution < -0.4 is 9.64 Å². The third kappa shape index (κ3) is 5.95. The minimum absolute atomic E-state index is 0.0119. The van der Waals surface area contributed by atoms with Crippen LogP contribution in [0.5, 0.6) is 11.6 Å². The Balaban J connectivity index is 2.00. The van der Waals surface area contributed by atoms with Crippen molar-refractivity contribution in [1.29, 1.82) is 0 Å². The van der Waals surface area contributed by atoms with E-state index in [1.807, 2.05) is 11.9 Å². The second-order valence-corrected chi connectivity index (χ2v) is 5.92. The van der Waals surface area contributed by atoms with Crippen LogP contribution in [0, 0.1) is 0 Å². The van der Waals surface area contributed by atoms with Crippen molar-refractivity contribution in [3.8, 4) is 11.6 Å². The van der Waals surface area contributed by atoms with Crippen molar-refractivity contribution in [3.63, 3.8) is 0 Å². The molecule has 1 aromatic carbocycles. The number of aromatic nitrogens is 2. The second-order valence-electron chi connectivity index (χ2n) is 5.92. The van der Waals surface area contributed by atoms with Gasteiger partial charge in [-0.1, -0.05) is 0 Å². The summed E-state index contributed by atoms with van der Waals surface area (Å²) in [5.74, 6) is 1.14. The molecule has 0 saturated carbocycles. The molecule has 8 heteroatoms. The van der Waals surface area contributed by atoms with E-state index >= 15 is 0 Å². The van der Waals surface area contributed by atoms with Gasteiger partial charge in [0.05, 0.1) is 24.6 Å². The summed E-state index contributed by atoms with van der Waals surface area (Å²) < 4.78 is 10.7. The van der Waals surface area contributed by atoms with Crippen molar-refractivity contribution >= 4 is 17.7 Å². The summed E-state index contributed by atoms with van der Waals surface area (Å²) in [4.78, 5) is 35.1. The smallest absolute Gasteiger partial charge is 0.338 e. The van der Waals surface area contributed by atoms with Crippen LogP contribution >= 0.6 is 0 Å². The largest absolute Gasteiger partial charge is 0.462 e. The minimum Gasteiger partial charge on any atom is -0.462 e. The van der Waals surface area contributed by atoms with Crippen LogP contribution in [0.15, 0.2) is 36.7 Å². The molecule has 0 aliphatic heterocycles. The first kappa shape index (κ1) is 20.2. The lowest BCUT2D eigenvalue weighted by Gasteiger charge is -2.22. The monoisotopic (exact) mass is 372 g/mol. The number of carbonyl (C=O) groups is 2. The summed E-state index contributed by atoms with van der Waals surface area (Å²) >= 11 is 0. The zero-order chi connectivity index (χ0) is 19.8. The van der Waals surface area contributed by atoms with E-state index in [0.717, 1.165) is 0 Å². The second kappa shape index (κ2) is 9.51. The molecule has 0 bridgehead atoms. The molecule has 144 valence electrons. The SMILES string of the molecule is CCOC(=O)c1ccc(Oc2cncc(N(C)CCN(C)C(C)=O)n2)cc1. The molecule has 0 radical (unpaired) electrons. The van der Waals surface area contributed by atoms with E-state index < -0.39 is 0 Å². The molecule has 0 saturated heterocycles. The number of likely N-dealkylation sites (N-methyl/N-ethyl adjacent to an activating group) is 2. The van der Waals surface area contributed by atoms with Crippen LogP contribution in [-0.2, 0) is 9.53 Å². The van der Waals surface area contributed by atoms with Gasteiger partial charge >= 0.3 is 5.97 Å². The zero-order valence-electron chi connectivity index (χ0n) is 16.0. The number of carbonyl (C=O) groups excluding carboxylic acids is 2. The normalized spacial score (nSPS) is 10.2. The van der Waals surface area contributed by atoms with Gasteiger partial charge in [-0.3, -0.25) is 9.78 Å². The van der Waals surface area contributed by atoms with Gasteiger partial charge in [0, 0.05) is 34.1 Å². The van der Waals surface area contributed by atoms with E-state index in [1.165, 1.54) is 13.1 Å². The lowest BCUT2D eigenvalue weighted by Crippen LogP contribution is -2.33. The third-order valence-corrected chi connectivity index (χ3v) is 3.89. The van der Waals surface area contributed by atoms with Crippen LogP contribution in [0.25, 0.3) is 0 Å². The van der Waals surface area contributed by atoms with Crippen molar-refractivity contribution < 1.29 is 19.1 Å². The van der Waals surface area contributed by atoms with Crippen molar-refractivity contribution in [1.82, 2.24) is 14.9 Å². The first-order chi connectivity index (χ1) is 12.9. The van der Waals surface area contributed by atoms with Gasteiger partial charge in [-0.2, -0.15) is 4.98 Å². The highest BCUT2D eigenvalue weighted by atomic mass is 16.5. The summed E-state index contributed by atoms with van der Waals surface area (Å²) in [5.41, 5.74) is 0.457. The number of nitrogens with zero attached hydrogens (tertiary/aromatic N) is 4. The summed E-state index contributed by atoms with van der Waals surface area (Å²) in [6.07, 6.45) is 3.14. The molecule has 0 aliphatic carbocycles. The Morgan fingerprint density at radius 1 is 1.07 bits per heavy atom. The molecule has 1 amide bonds. The molecule has 0 N–H and O–H groups in total. The predicted octanol–water partition coefficient (Wildman–Crippen LogP) is 2.36. The molecule has 0 atom stereocenters. The highest BCUT2D eigenvalue weighted by Crippen LogP contribution is 2.21. The number of rotatable bonds is 8. The van der Waals surface area contributed by atoms with Gasteiger partial charge in [0.2, 0.25) is 11.8 Å². The van der Waals surface area contributed by atoms with Crippen molar-refractivity contribution in [2.45, 2.75) is 13.8 Å². The number of benzene rings is 1. The first-order valence-corrected chi connectivity index (χ1v) is 8.60. The van der Waals surface area contributed by atoms with Crippen molar-refractivity contribution in [2.24, 2.45) is 0 Å². The van der Waals surface area contributed by atoms with E-state index in [4.69, 9.17) is 9.47 Å². The lowest BCUT2D eigenvalue weighted by molar-refractivity contribution is -0.127. The number of anilines is 1. The maximum Gasteiger partial charge on any atom is 0.338 e. The summed E-state index contributed by atoms with van der Waals surface area (Å²) in [6, 6.07) is 6.61. The number of hydrogen-bond donors (Lipinski definition) is 0. The molecule has 0 spiro atoms. The van der Waals surface area contributed by atoms with Gasteiger partial charge in [-0.25, -0.2) is 4.79 Å². The molecule has 1 heterocycles. The average Bonchev–Trinajstić information content (AvgIpc) is 2.66. The lowest BCUT2D eigenvalue weighted by atomic mass is 10.2. The Bertz CT molecular complexity index is 780. The van der Waals surface area contributed by atoms with Crippen LogP contribution in [0.4, 0.5) is 5.82 Å². The predicted molar refractivity (Wildman–Crippen MR) is 101 cm³/mol. The van der Waals surface area contributed by atoms with Crippen LogP contribution in [0.1, 0.15) is 24.2 Å². The van der Waals surface area contributed by atoms with Crippen molar-refractivity contribution in [2.75, 3.05) is 38.7 Å². The summed E-state index contributed by atoms with van der Waals surface area (Å²) in [7, 11) is 3.62. The number of ether oxygens (including phenoxy) is 2. The molecule has 1 aromatic heterocycles. The Morgan fingerprint density at radius 2 is 1.78 bits per heavy atom. The molecular weight excluding hydrogens is 348 g/mol. The van der Waals surface area contributed by atoms with E-state index in [1.54, 1.807) is 49.3 Å². The first-order valence-electron chi connectivity index (χ1n) is 8.60. The van der Waals surface area contributed by atoms with Gasteiger partial charge in [-0.15, -0.1) is 0 Å². The van der Waals surface area contributed by atoms with Crippen molar-refractivity contribution in [3.05, 3.63) is 42.2 Å². The molecule has 2 aromatic rings. The van der Waals surface area contributed by atoms with Gasteiger partial charge in [-0.05, 0) is 31.2 Å². The van der Waals surface area contributed by atoms with Gasteiger partial charge in [0.15, 0.2) is 5.82 Å². The quantitative estimate of drug-likeness (QED) is 0.658. The Kier molecular flexibility index (Phi) is 7.10. The molecule has 8 nitrogen and oxygen atoms in total. The fraction of sp³-hybridized carbons (Fsp3) is 0.368. The Labute approximate surface area is 158 Å². The Hall–Kier alpha value is -3.16. The third-order valence-electron chi connectivity index (χ3n) is 3.89. The van der Waals surface area contributed by atoms with Gasteiger partial charge in [0.25, 0.3) is 0 Å². The molecular formula is C19H24N4O4. The summed E-state index contributed by atoms with van der Waals surface area (Å²) in [6.45, 7) is 4.81. The Morgan fingerprint density at radius 3 is 2.41 bits per heavy atom. The van der Waals surface area contributed by atoms with E-state index in [-0.39, 0.29) is 11.9 Å². The average molecular weight is 372 g/mol. The minimum atomic E-state index is -0.372. The van der Waals surface area contributed by atoms with Crippen LogP contribution in [-0.4, -0.2) is 60.5 Å². The fourth-order valence-corrected chi connectivity index (χ4v) is 2.14. The molecule has 27 heavy (non-hydrogen) atoms. The zero-order valence-corrected chi connectivity index (χ0v) is 16.0. The topological polar surface area (TPSA) is 84.9 Å². The molecule has 2 rings (SSSR count). The van der Waals surface area contributed by atoms with Crippen LogP contribution in [0.2, 0.25) is 0 Å².